The lowest BCUT2D eigenvalue weighted by molar-refractivity contribution is -0.122. The smallest absolute Gasteiger partial charge is 0.234 e. The Hall–Kier alpha value is -1.21. The maximum atomic E-state index is 12.1. The van der Waals surface area contributed by atoms with Gasteiger partial charge in [-0.1, -0.05) is 6.07 Å². The predicted octanol–water partition coefficient (Wildman–Crippen LogP) is 1.46. The largest absolute Gasteiger partial charge is 0.493 e. The normalized spacial score (nSPS) is 21.7. The van der Waals surface area contributed by atoms with Gasteiger partial charge in [0.2, 0.25) is 5.91 Å². The predicted molar refractivity (Wildman–Crippen MR) is 102 cm³/mol. The van der Waals surface area contributed by atoms with Crippen molar-refractivity contribution in [3.05, 3.63) is 23.8 Å². The van der Waals surface area contributed by atoms with Crippen molar-refractivity contribution in [2.75, 3.05) is 40.4 Å². The second-order valence-corrected chi connectivity index (χ2v) is 6.27. The maximum Gasteiger partial charge on any atom is 0.234 e. The Morgan fingerprint density at radius 1 is 1.24 bits per heavy atom. The Morgan fingerprint density at radius 2 is 2.00 bits per heavy atom. The highest BCUT2D eigenvalue weighted by Crippen LogP contribution is 2.27. The van der Waals surface area contributed by atoms with Crippen molar-refractivity contribution in [1.82, 2.24) is 15.5 Å². The van der Waals surface area contributed by atoms with Gasteiger partial charge in [-0.25, -0.2) is 0 Å². The molecule has 2 aliphatic rings. The fraction of sp³-hybridized carbons (Fsp3) is 0.588. The van der Waals surface area contributed by atoms with Gasteiger partial charge in [0.05, 0.1) is 20.8 Å². The second kappa shape index (κ2) is 10.1. The van der Waals surface area contributed by atoms with E-state index in [-0.39, 0.29) is 30.7 Å². The van der Waals surface area contributed by atoms with Crippen LogP contribution >= 0.6 is 24.8 Å². The maximum absolute atomic E-state index is 12.1. The number of hydrogen-bond donors (Lipinski definition) is 2. The van der Waals surface area contributed by atoms with E-state index < -0.39 is 0 Å². The molecule has 1 aromatic rings. The molecule has 2 heterocycles. The highest BCUT2D eigenvalue weighted by molar-refractivity contribution is 5.85. The lowest BCUT2D eigenvalue weighted by Gasteiger charge is -2.16. The van der Waals surface area contributed by atoms with Crippen LogP contribution in [-0.2, 0) is 11.3 Å². The molecule has 0 saturated carbocycles. The topological polar surface area (TPSA) is 62.8 Å². The average Bonchev–Trinajstić information content (AvgIpc) is 3.13. The summed E-state index contributed by atoms with van der Waals surface area (Å²) in [6, 6.07) is 6.26. The molecule has 2 fully saturated rings. The van der Waals surface area contributed by atoms with Crippen LogP contribution in [0.5, 0.6) is 11.5 Å². The number of carbonyl (C=O) groups is 1. The van der Waals surface area contributed by atoms with Crippen LogP contribution in [-0.4, -0.2) is 57.2 Å². The second-order valence-electron chi connectivity index (χ2n) is 6.27. The summed E-state index contributed by atoms with van der Waals surface area (Å²) < 4.78 is 10.5. The number of amides is 1. The number of rotatable bonds is 6. The lowest BCUT2D eigenvalue weighted by Crippen LogP contribution is -2.38. The van der Waals surface area contributed by atoms with Gasteiger partial charge < -0.3 is 20.1 Å². The van der Waals surface area contributed by atoms with Crippen LogP contribution in [0.1, 0.15) is 12.0 Å². The number of carbonyl (C=O) groups excluding carboxylic acids is 1. The van der Waals surface area contributed by atoms with Crippen LogP contribution in [0.4, 0.5) is 0 Å². The standard InChI is InChI=1S/C17H25N3O3.2ClH/c1-22-15-4-3-12(7-16(15)23-2)8-19-17(21)11-20-9-13-5-6-18-14(13)10-20;;/h3-4,7,13-14,18H,5-6,8-11H2,1-2H3,(H,19,21);2*1H/t13-,14+;;/m0../s1. The molecule has 6 nitrogen and oxygen atoms in total. The summed E-state index contributed by atoms with van der Waals surface area (Å²) in [4.78, 5) is 14.4. The van der Waals surface area contributed by atoms with Crippen molar-refractivity contribution in [2.24, 2.45) is 5.92 Å². The molecule has 1 aromatic carbocycles. The Bertz CT molecular complexity index is 562. The van der Waals surface area contributed by atoms with Gasteiger partial charge in [-0.3, -0.25) is 9.69 Å². The van der Waals surface area contributed by atoms with Crippen LogP contribution in [0.15, 0.2) is 18.2 Å². The Kier molecular flexibility index (Phi) is 8.79. The summed E-state index contributed by atoms with van der Waals surface area (Å²) >= 11 is 0. The Morgan fingerprint density at radius 3 is 2.68 bits per heavy atom. The zero-order valence-corrected chi connectivity index (χ0v) is 16.3. The van der Waals surface area contributed by atoms with Crippen LogP contribution in [0, 0.1) is 5.92 Å². The van der Waals surface area contributed by atoms with E-state index in [2.05, 4.69) is 15.5 Å². The Balaban J connectivity index is 0.00000156. The van der Waals surface area contributed by atoms with E-state index >= 15 is 0 Å². The number of likely N-dealkylation sites (tertiary alicyclic amines) is 1. The lowest BCUT2D eigenvalue weighted by atomic mass is 10.1. The Labute approximate surface area is 161 Å². The summed E-state index contributed by atoms with van der Waals surface area (Å²) in [7, 11) is 3.22. The number of nitrogens with zero attached hydrogens (tertiary/aromatic N) is 1. The van der Waals surface area contributed by atoms with Crippen molar-refractivity contribution in [2.45, 2.75) is 19.0 Å². The first kappa shape index (κ1) is 21.8. The number of ether oxygens (including phenoxy) is 2. The monoisotopic (exact) mass is 391 g/mol. The number of nitrogens with one attached hydrogen (secondary N) is 2. The molecule has 0 unspecified atom stereocenters. The van der Waals surface area contributed by atoms with Crippen molar-refractivity contribution in [3.63, 3.8) is 0 Å². The molecule has 2 atom stereocenters. The third kappa shape index (κ3) is 5.38. The molecule has 8 heteroatoms. The summed E-state index contributed by atoms with van der Waals surface area (Å²) in [6.45, 7) is 4.10. The SMILES string of the molecule is COc1ccc(CNC(=O)CN2C[C@@H]3CCN[C@@H]3C2)cc1OC.Cl.Cl. The minimum atomic E-state index is 0. The molecule has 2 aliphatic heterocycles. The van der Waals surface area contributed by atoms with Crippen LogP contribution in [0.25, 0.3) is 0 Å². The first-order chi connectivity index (χ1) is 11.2. The molecule has 2 N–H and O–H groups in total. The first-order valence-electron chi connectivity index (χ1n) is 8.13. The van der Waals surface area contributed by atoms with E-state index in [9.17, 15) is 4.79 Å². The number of benzene rings is 1. The third-order valence-corrected chi connectivity index (χ3v) is 4.74. The van der Waals surface area contributed by atoms with Gasteiger partial charge >= 0.3 is 0 Å². The summed E-state index contributed by atoms with van der Waals surface area (Å²) in [6.07, 6.45) is 1.23. The van der Waals surface area contributed by atoms with Crippen LogP contribution in [0.3, 0.4) is 0 Å². The fourth-order valence-corrected chi connectivity index (χ4v) is 3.52. The van der Waals surface area contributed by atoms with Gasteiger partial charge in [0.15, 0.2) is 11.5 Å². The summed E-state index contributed by atoms with van der Waals surface area (Å²) in [5.41, 5.74) is 0.996. The quantitative estimate of drug-likeness (QED) is 0.768. The minimum absolute atomic E-state index is 0. The highest BCUT2D eigenvalue weighted by atomic mass is 35.5. The van der Waals surface area contributed by atoms with Crippen molar-refractivity contribution < 1.29 is 14.3 Å². The van der Waals surface area contributed by atoms with E-state index in [0.29, 0.717) is 36.5 Å². The van der Waals surface area contributed by atoms with Gasteiger partial charge in [0.25, 0.3) is 0 Å². The van der Waals surface area contributed by atoms with Crippen LogP contribution in [0.2, 0.25) is 0 Å². The summed E-state index contributed by atoms with van der Waals surface area (Å²) in [5, 5.41) is 6.49. The van der Waals surface area contributed by atoms with Gasteiger partial charge in [0, 0.05) is 25.7 Å². The van der Waals surface area contributed by atoms with Crippen LogP contribution < -0.4 is 20.1 Å². The number of methoxy groups -OCH3 is 2. The first-order valence-corrected chi connectivity index (χ1v) is 8.13. The molecule has 1 amide bonds. The minimum Gasteiger partial charge on any atom is -0.493 e. The number of halogens is 2. The van der Waals surface area contributed by atoms with Crippen molar-refractivity contribution in [3.8, 4) is 11.5 Å². The molecule has 0 radical (unpaired) electrons. The van der Waals surface area contributed by atoms with E-state index in [1.54, 1.807) is 14.2 Å². The fourth-order valence-electron chi connectivity index (χ4n) is 3.52. The molecule has 0 bridgehead atoms. The number of fused-ring (bicyclic) bond motifs is 1. The van der Waals surface area contributed by atoms with Gasteiger partial charge in [-0.05, 0) is 36.6 Å². The van der Waals surface area contributed by atoms with Gasteiger partial charge in [-0.15, -0.1) is 24.8 Å². The van der Waals surface area contributed by atoms with Gasteiger partial charge in [0.1, 0.15) is 0 Å². The molecule has 2 saturated heterocycles. The van der Waals surface area contributed by atoms with E-state index in [0.717, 1.165) is 25.2 Å². The zero-order chi connectivity index (χ0) is 16.2. The molecular formula is C17H27Cl2N3O3. The zero-order valence-electron chi connectivity index (χ0n) is 14.6. The number of hydrogen-bond acceptors (Lipinski definition) is 5. The molecule has 0 aromatic heterocycles. The van der Waals surface area contributed by atoms with Gasteiger partial charge in [-0.2, -0.15) is 0 Å². The molecular weight excluding hydrogens is 365 g/mol. The molecule has 0 spiro atoms. The molecule has 142 valence electrons. The molecule has 0 aliphatic carbocycles. The van der Waals surface area contributed by atoms with E-state index in [4.69, 9.17) is 9.47 Å². The molecule has 3 rings (SSSR count). The average molecular weight is 392 g/mol. The van der Waals surface area contributed by atoms with E-state index in [1.807, 2.05) is 18.2 Å². The third-order valence-electron chi connectivity index (χ3n) is 4.74. The van der Waals surface area contributed by atoms with Crippen molar-refractivity contribution in [1.29, 1.82) is 0 Å². The molecule has 25 heavy (non-hydrogen) atoms. The van der Waals surface area contributed by atoms with Crippen molar-refractivity contribution >= 4 is 30.7 Å². The highest BCUT2D eigenvalue weighted by Gasteiger charge is 2.36. The summed E-state index contributed by atoms with van der Waals surface area (Å²) in [5.74, 6) is 2.16. The van der Waals surface area contributed by atoms with E-state index in [1.165, 1.54) is 6.42 Å².